The van der Waals surface area contributed by atoms with Crippen molar-refractivity contribution in [1.29, 1.82) is 0 Å². The van der Waals surface area contributed by atoms with Crippen molar-refractivity contribution in [2.24, 2.45) is 0 Å². The van der Waals surface area contributed by atoms with Crippen molar-refractivity contribution >= 4 is 28.6 Å². The molecular weight excluding hydrogens is 310 g/mol. The fourth-order valence-corrected chi connectivity index (χ4v) is 1.39. The molecule has 0 spiro atoms. The van der Waals surface area contributed by atoms with Gasteiger partial charge in [-0.15, -0.1) is 0 Å². The Balaban J connectivity index is 3.20. The van der Waals surface area contributed by atoms with Gasteiger partial charge in [-0.3, -0.25) is 4.79 Å². The first-order valence-electron chi connectivity index (χ1n) is 5.59. The first-order chi connectivity index (χ1) is 7.22. The number of esters is 1. The molecule has 1 unspecified atom stereocenters. The van der Waals surface area contributed by atoms with Crippen molar-refractivity contribution in [3.63, 3.8) is 0 Å². The maximum absolute atomic E-state index is 12.0. The molecule has 4 heteroatoms. The molecule has 0 saturated carbocycles. The monoisotopic (exact) mass is 330 g/mol. The van der Waals surface area contributed by atoms with Gasteiger partial charge in [0.1, 0.15) is 10.6 Å². The topological polar surface area (TPSA) is 26.3 Å². The van der Waals surface area contributed by atoms with Gasteiger partial charge in [0.2, 0.25) is 0 Å². The molecule has 0 rings (SSSR count). The minimum Gasteiger partial charge on any atom is -0.465 e. The summed E-state index contributed by atoms with van der Waals surface area (Å²) in [6.07, 6.45) is 6.95. The summed E-state index contributed by atoms with van der Waals surface area (Å²) >= 11 is 1.76. The summed E-state index contributed by atoms with van der Waals surface area (Å²) in [4.78, 5) is 11.0. The van der Waals surface area contributed by atoms with Crippen LogP contribution in [-0.4, -0.2) is 23.2 Å². The minimum atomic E-state index is -0.643. The Hall–Kier alpha value is 0.130. The van der Waals surface area contributed by atoms with Crippen LogP contribution < -0.4 is 0 Å². The first-order valence-corrected chi connectivity index (χ1v) is 6.83. The molecule has 90 valence electrons. The molecule has 0 aliphatic heterocycles. The Morgan fingerprint density at radius 3 is 2.47 bits per heavy atom. The van der Waals surface area contributed by atoms with Gasteiger partial charge in [-0.25, -0.2) is 4.39 Å². The maximum Gasteiger partial charge on any atom is 0.321 e. The summed E-state index contributed by atoms with van der Waals surface area (Å²) in [5, 5.41) is 0. The van der Waals surface area contributed by atoms with Crippen LogP contribution in [0.2, 0.25) is 0 Å². The molecule has 1 atom stereocenters. The van der Waals surface area contributed by atoms with Crippen molar-refractivity contribution in [3.05, 3.63) is 0 Å². The normalized spacial score (nSPS) is 12.5. The van der Waals surface area contributed by atoms with Crippen molar-refractivity contribution in [2.75, 3.05) is 13.3 Å². The molecule has 0 N–H and O–H groups in total. The lowest BCUT2D eigenvalue weighted by atomic mass is 10.1. The molecule has 0 bridgehead atoms. The smallest absolute Gasteiger partial charge is 0.321 e. The highest BCUT2D eigenvalue weighted by molar-refractivity contribution is 14.1. The van der Waals surface area contributed by atoms with Crippen LogP contribution in [0.25, 0.3) is 0 Å². The van der Waals surface area contributed by atoms with E-state index in [0.717, 1.165) is 12.8 Å². The summed E-state index contributed by atoms with van der Waals surface area (Å²) < 4.78 is 16.3. The molecule has 0 radical (unpaired) electrons. The molecule has 0 heterocycles. The van der Waals surface area contributed by atoms with Gasteiger partial charge in [0.05, 0.1) is 6.61 Å². The quantitative estimate of drug-likeness (QED) is 0.279. The Kier molecular flexibility index (Phi) is 10.7. The lowest BCUT2D eigenvalue weighted by molar-refractivity contribution is -0.142. The van der Waals surface area contributed by atoms with E-state index in [9.17, 15) is 9.18 Å². The van der Waals surface area contributed by atoms with Gasteiger partial charge in [-0.05, 0) is 6.42 Å². The summed E-state index contributed by atoms with van der Waals surface area (Å²) in [6.45, 7) is 1.97. The number of hydrogen-bond donors (Lipinski definition) is 0. The average molecular weight is 330 g/mol. The second kappa shape index (κ2) is 10.6. The molecule has 0 amide bonds. The van der Waals surface area contributed by atoms with E-state index < -0.39 is 16.6 Å². The van der Waals surface area contributed by atoms with Crippen LogP contribution in [0.3, 0.4) is 0 Å². The second-order valence-electron chi connectivity index (χ2n) is 3.56. The van der Waals surface area contributed by atoms with Crippen molar-refractivity contribution in [3.8, 4) is 0 Å². The lowest BCUT2D eigenvalue weighted by Crippen LogP contribution is -2.19. The average Bonchev–Trinajstić information content (AvgIpc) is 2.26. The van der Waals surface area contributed by atoms with Gasteiger partial charge in [0, 0.05) is 0 Å². The van der Waals surface area contributed by atoms with E-state index in [1.54, 1.807) is 22.6 Å². The Labute approximate surface area is 105 Å². The number of halogens is 2. The highest BCUT2D eigenvalue weighted by Crippen LogP contribution is 2.07. The summed E-state index contributed by atoms with van der Waals surface area (Å²) in [6, 6.07) is 0. The summed E-state index contributed by atoms with van der Waals surface area (Å²) in [5.74, 6) is -0.424. The highest BCUT2D eigenvalue weighted by Gasteiger charge is 2.14. The molecule has 0 aliphatic carbocycles. The fourth-order valence-electron chi connectivity index (χ4n) is 1.21. The van der Waals surface area contributed by atoms with Crippen molar-refractivity contribution in [2.45, 2.75) is 49.4 Å². The van der Waals surface area contributed by atoms with Crippen LogP contribution in [0.5, 0.6) is 0 Å². The fraction of sp³-hybridized carbons (Fsp3) is 0.909. The predicted molar refractivity (Wildman–Crippen MR) is 68.1 cm³/mol. The minimum absolute atomic E-state index is 0.424. The lowest BCUT2D eigenvalue weighted by Gasteiger charge is -2.06. The number of carbonyl (C=O) groups excluding carboxylic acids is 1. The zero-order valence-corrected chi connectivity index (χ0v) is 11.5. The van der Waals surface area contributed by atoms with Gasteiger partial charge in [-0.1, -0.05) is 61.6 Å². The SMILES string of the molecule is CCCCCCCCOC(=O)C(I)CF. The van der Waals surface area contributed by atoms with Gasteiger partial charge < -0.3 is 4.74 Å². The third kappa shape index (κ3) is 9.08. The Morgan fingerprint density at radius 1 is 1.27 bits per heavy atom. The molecule has 15 heavy (non-hydrogen) atoms. The van der Waals surface area contributed by atoms with E-state index in [4.69, 9.17) is 4.74 Å². The molecule has 0 aromatic carbocycles. The number of alkyl halides is 2. The number of carbonyl (C=O) groups is 1. The Morgan fingerprint density at radius 2 is 1.87 bits per heavy atom. The third-order valence-corrected chi connectivity index (χ3v) is 2.97. The van der Waals surface area contributed by atoms with Gasteiger partial charge in [0.15, 0.2) is 0 Å². The molecule has 0 aromatic rings. The van der Waals surface area contributed by atoms with E-state index in [2.05, 4.69) is 6.92 Å². The second-order valence-corrected chi connectivity index (χ2v) is 5.06. The van der Waals surface area contributed by atoms with Gasteiger partial charge in [0.25, 0.3) is 0 Å². The highest BCUT2D eigenvalue weighted by atomic mass is 127. The predicted octanol–water partition coefficient (Wildman–Crippen LogP) is 3.66. The molecule has 0 fully saturated rings. The van der Waals surface area contributed by atoms with E-state index >= 15 is 0 Å². The van der Waals surface area contributed by atoms with E-state index in [0.29, 0.717) is 6.61 Å². The van der Waals surface area contributed by atoms with Gasteiger partial charge >= 0.3 is 5.97 Å². The van der Waals surface area contributed by atoms with Crippen LogP contribution in [0.4, 0.5) is 4.39 Å². The third-order valence-electron chi connectivity index (χ3n) is 2.13. The van der Waals surface area contributed by atoms with Crippen LogP contribution in [0.1, 0.15) is 45.4 Å². The van der Waals surface area contributed by atoms with Gasteiger partial charge in [-0.2, -0.15) is 0 Å². The van der Waals surface area contributed by atoms with Crippen LogP contribution in [-0.2, 0) is 9.53 Å². The number of hydrogen-bond acceptors (Lipinski definition) is 2. The number of unbranched alkanes of at least 4 members (excludes halogenated alkanes) is 5. The largest absolute Gasteiger partial charge is 0.465 e. The zero-order valence-electron chi connectivity index (χ0n) is 9.31. The number of ether oxygens (including phenoxy) is 1. The summed E-state index contributed by atoms with van der Waals surface area (Å²) in [7, 11) is 0. The molecule has 0 aromatic heterocycles. The van der Waals surface area contributed by atoms with Crippen molar-refractivity contribution in [1.82, 2.24) is 0 Å². The van der Waals surface area contributed by atoms with E-state index in [-0.39, 0.29) is 0 Å². The number of rotatable bonds is 9. The molecule has 2 nitrogen and oxygen atoms in total. The van der Waals surface area contributed by atoms with Crippen LogP contribution in [0, 0.1) is 0 Å². The standard InChI is InChI=1S/C11H20FIO2/c1-2-3-4-5-6-7-8-15-11(14)10(13)9-12/h10H,2-9H2,1H3. The van der Waals surface area contributed by atoms with Crippen LogP contribution in [0.15, 0.2) is 0 Å². The van der Waals surface area contributed by atoms with Crippen LogP contribution >= 0.6 is 22.6 Å². The zero-order chi connectivity index (χ0) is 11.5. The summed E-state index contributed by atoms with van der Waals surface area (Å²) in [5.41, 5.74) is 0. The first kappa shape index (κ1) is 15.1. The molecule has 0 saturated heterocycles. The Bertz CT molecular complexity index is 165. The van der Waals surface area contributed by atoms with Crippen molar-refractivity contribution < 1.29 is 13.9 Å². The van der Waals surface area contributed by atoms with E-state index in [1.807, 2.05) is 0 Å². The molecule has 0 aliphatic rings. The maximum atomic E-state index is 12.0. The molecular formula is C11H20FIO2. The van der Waals surface area contributed by atoms with E-state index in [1.165, 1.54) is 25.7 Å².